The van der Waals surface area contributed by atoms with E-state index in [0.717, 1.165) is 17.6 Å². The first kappa shape index (κ1) is 17.3. The number of fused-ring (bicyclic) bond motifs is 3. The van der Waals surface area contributed by atoms with Gasteiger partial charge in [0.2, 0.25) is 5.91 Å². The Kier molecular flexibility index (Phi) is 4.45. The second-order valence-corrected chi connectivity index (χ2v) is 7.43. The van der Waals surface area contributed by atoms with Crippen LogP contribution in [0.5, 0.6) is 0 Å². The third-order valence-electron chi connectivity index (χ3n) is 4.44. The Balaban J connectivity index is 1.68. The van der Waals surface area contributed by atoms with Crippen LogP contribution in [-0.2, 0) is 16.0 Å². The van der Waals surface area contributed by atoms with E-state index >= 15 is 0 Å². The van der Waals surface area contributed by atoms with Gasteiger partial charge in [-0.2, -0.15) is 0 Å². The predicted octanol–water partition coefficient (Wildman–Crippen LogP) is 3.14. The highest BCUT2D eigenvalue weighted by Crippen LogP contribution is 2.34. The van der Waals surface area contributed by atoms with Gasteiger partial charge in [0.1, 0.15) is 12.1 Å². The highest BCUT2D eigenvalue weighted by molar-refractivity contribution is 5.87. The Morgan fingerprint density at radius 2 is 2.04 bits per heavy atom. The number of hydrogen-bond donors (Lipinski definition) is 2. The molecule has 1 atom stereocenters. The van der Waals surface area contributed by atoms with Gasteiger partial charge < -0.3 is 19.9 Å². The summed E-state index contributed by atoms with van der Waals surface area (Å²) in [5.74, 6) is -0.109. The first-order valence-electron chi connectivity index (χ1n) is 8.62. The Hall–Kier alpha value is -2.50. The van der Waals surface area contributed by atoms with Crippen LogP contribution in [-0.4, -0.2) is 40.6 Å². The van der Waals surface area contributed by atoms with Gasteiger partial charge in [0, 0.05) is 23.1 Å². The minimum absolute atomic E-state index is 0.0518. The highest BCUT2D eigenvalue weighted by atomic mass is 16.6. The van der Waals surface area contributed by atoms with Crippen LogP contribution in [0.25, 0.3) is 10.9 Å². The van der Waals surface area contributed by atoms with Gasteiger partial charge in [0.25, 0.3) is 0 Å². The largest absolute Gasteiger partial charge is 0.444 e. The van der Waals surface area contributed by atoms with Crippen molar-refractivity contribution in [2.75, 3.05) is 13.1 Å². The van der Waals surface area contributed by atoms with Gasteiger partial charge in [-0.3, -0.25) is 4.79 Å². The molecule has 1 aromatic carbocycles. The smallest absolute Gasteiger partial charge is 0.408 e. The maximum atomic E-state index is 12.5. The number of nitrogens with one attached hydrogen (secondary N) is 2. The predicted molar refractivity (Wildman–Crippen MR) is 96.4 cm³/mol. The molecule has 1 aromatic heterocycles. The molecule has 0 spiro atoms. The van der Waals surface area contributed by atoms with E-state index in [9.17, 15) is 9.59 Å². The van der Waals surface area contributed by atoms with Crippen molar-refractivity contribution in [3.05, 3.63) is 35.5 Å². The number of rotatable bonds is 2. The van der Waals surface area contributed by atoms with Gasteiger partial charge in [-0.1, -0.05) is 18.2 Å². The summed E-state index contributed by atoms with van der Waals surface area (Å²) < 4.78 is 5.17. The van der Waals surface area contributed by atoms with Crippen LogP contribution in [0.3, 0.4) is 0 Å². The maximum Gasteiger partial charge on any atom is 0.408 e. The number of nitrogens with zero attached hydrogens (tertiary/aromatic N) is 1. The number of benzene rings is 1. The van der Waals surface area contributed by atoms with Gasteiger partial charge in [-0.15, -0.1) is 0 Å². The minimum atomic E-state index is -0.579. The monoisotopic (exact) mass is 343 g/mol. The first-order valence-corrected chi connectivity index (χ1v) is 8.62. The Bertz CT molecular complexity index is 804. The number of para-hydroxylation sites is 1. The van der Waals surface area contributed by atoms with Crippen molar-refractivity contribution in [3.63, 3.8) is 0 Å². The molecule has 134 valence electrons. The van der Waals surface area contributed by atoms with Crippen LogP contribution in [0.15, 0.2) is 24.3 Å². The van der Waals surface area contributed by atoms with E-state index < -0.39 is 11.7 Å². The summed E-state index contributed by atoms with van der Waals surface area (Å²) in [6, 6.07) is 8.14. The molecular weight excluding hydrogens is 318 g/mol. The molecule has 2 heterocycles. The molecule has 1 aliphatic rings. The number of amides is 2. The number of ether oxygens (including phenoxy) is 1. The van der Waals surface area contributed by atoms with E-state index in [1.807, 2.05) is 19.1 Å². The number of carbonyl (C=O) groups excluding carboxylic acids is 2. The van der Waals surface area contributed by atoms with Crippen molar-refractivity contribution in [2.45, 2.75) is 45.8 Å². The standard InChI is InChI=1S/C19H25N3O3/c1-12-17-14(13-7-5-6-8-15(13)21-17)9-10-22(12)16(23)11-20-18(24)25-19(2,3)4/h5-8,12,21H,9-11H2,1-4H3,(H,20,24). The normalized spacial score (nSPS) is 17.3. The van der Waals surface area contributed by atoms with E-state index in [0.29, 0.717) is 6.54 Å². The van der Waals surface area contributed by atoms with E-state index in [1.165, 1.54) is 10.9 Å². The van der Waals surface area contributed by atoms with Crippen molar-refractivity contribution >= 4 is 22.9 Å². The lowest BCUT2D eigenvalue weighted by Gasteiger charge is -2.33. The van der Waals surface area contributed by atoms with E-state index in [-0.39, 0.29) is 18.5 Å². The molecule has 2 aromatic rings. The number of carbonyl (C=O) groups is 2. The summed E-state index contributed by atoms with van der Waals surface area (Å²) in [6.07, 6.45) is 0.235. The topological polar surface area (TPSA) is 74.4 Å². The average Bonchev–Trinajstić information content (AvgIpc) is 2.91. The van der Waals surface area contributed by atoms with Crippen molar-refractivity contribution in [1.82, 2.24) is 15.2 Å². The van der Waals surface area contributed by atoms with Crippen LogP contribution in [0.4, 0.5) is 4.79 Å². The molecule has 0 saturated heterocycles. The van der Waals surface area contributed by atoms with Gasteiger partial charge in [0.15, 0.2) is 0 Å². The summed E-state index contributed by atoms with van der Waals surface area (Å²) in [7, 11) is 0. The molecule has 0 radical (unpaired) electrons. The third kappa shape index (κ3) is 3.62. The van der Waals surface area contributed by atoms with Gasteiger partial charge >= 0.3 is 6.09 Å². The molecule has 0 bridgehead atoms. The van der Waals surface area contributed by atoms with E-state index in [4.69, 9.17) is 4.74 Å². The minimum Gasteiger partial charge on any atom is -0.444 e. The summed E-state index contributed by atoms with van der Waals surface area (Å²) in [6.45, 7) is 7.97. The second kappa shape index (κ2) is 6.43. The molecule has 2 amide bonds. The van der Waals surface area contributed by atoms with Crippen molar-refractivity contribution in [2.24, 2.45) is 0 Å². The van der Waals surface area contributed by atoms with Crippen molar-refractivity contribution in [3.8, 4) is 0 Å². The summed E-state index contributed by atoms with van der Waals surface area (Å²) in [5.41, 5.74) is 2.89. The number of aromatic amines is 1. The lowest BCUT2D eigenvalue weighted by atomic mass is 9.98. The fourth-order valence-electron chi connectivity index (χ4n) is 3.33. The Labute approximate surface area is 147 Å². The Morgan fingerprint density at radius 1 is 1.32 bits per heavy atom. The van der Waals surface area contributed by atoms with Gasteiger partial charge in [-0.05, 0) is 45.7 Å². The maximum absolute atomic E-state index is 12.5. The fourth-order valence-corrected chi connectivity index (χ4v) is 3.33. The van der Waals surface area contributed by atoms with Crippen LogP contribution in [0, 0.1) is 0 Å². The summed E-state index contributed by atoms with van der Waals surface area (Å²) in [5, 5.41) is 3.77. The number of H-pyrrole nitrogens is 1. The van der Waals surface area contributed by atoms with E-state index in [2.05, 4.69) is 22.4 Å². The average molecular weight is 343 g/mol. The summed E-state index contributed by atoms with van der Waals surface area (Å²) in [4.78, 5) is 29.5. The lowest BCUT2D eigenvalue weighted by molar-refractivity contribution is -0.132. The zero-order valence-electron chi connectivity index (χ0n) is 15.2. The zero-order valence-corrected chi connectivity index (χ0v) is 15.2. The van der Waals surface area contributed by atoms with Crippen molar-refractivity contribution in [1.29, 1.82) is 0 Å². The molecule has 6 heteroatoms. The van der Waals surface area contributed by atoms with E-state index in [1.54, 1.807) is 25.7 Å². The molecule has 1 unspecified atom stereocenters. The quantitative estimate of drug-likeness (QED) is 0.880. The summed E-state index contributed by atoms with van der Waals surface area (Å²) >= 11 is 0. The molecule has 3 rings (SSSR count). The second-order valence-electron chi connectivity index (χ2n) is 7.43. The number of alkyl carbamates (subject to hydrolysis) is 1. The number of aromatic nitrogens is 1. The SMILES string of the molecule is CC1c2[nH]c3ccccc3c2CCN1C(=O)CNC(=O)OC(C)(C)C. The molecule has 2 N–H and O–H groups in total. The lowest BCUT2D eigenvalue weighted by Crippen LogP contribution is -2.45. The van der Waals surface area contributed by atoms with Crippen LogP contribution < -0.4 is 5.32 Å². The molecule has 0 fully saturated rings. The molecule has 0 aliphatic carbocycles. The third-order valence-corrected chi connectivity index (χ3v) is 4.44. The molecule has 1 aliphatic heterocycles. The Morgan fingerprint density at radius 3 is 2.76 bits per heavy atom. The molecule has 25 heavy (non-hydrogen) atoms. The van der Waals surface area contributed by atoms with Crippen LogP contribution >= 0.6 is 0 Å². The van der Waals surface area contributed by atoms with Crippen LogP contribution in [0.2, 0.25) is 0 Å². The molecular formula is C19H25N3O3. The van der Waals surface area contributed by atoms with Gasteiger partial charge in [0.05, 0.1) is 6.04 Å². The molecule has 0 saturated carbocycles. The van der Waals surface area contributed by atoms with Gasteiger partial charge in [-0.25, -0.2) is 4.79 Å². The van der Waals surface area contributed by atoms with Crippen LogP contribution in [0.1, 0.15) is 45.0 Å². The highest BCUT2D eigenvalue weighted by Gasteiger charge is 2.30. The fraction of sp³-hybridized carbons (Fsp3) is 0.474. The molecule has 6 nitrogen and oxygen atoms in total. The zero-order chi connectivity index (χ0) is 18.2. The van der Waals surface area contributed by atoms with Crippen molar-refractivity contribution < 1.29 is 14.3 Å². The first-order chi connectivity index (χ1) is 11.8. The number of hydrogen-bond acceptors (Lipinski definition) is 3.